The minimum Gasteiger partial charge on any atom is -0.389 e. The van der Waals surface area contributed by atoms with Gasteiger partial charge in [-0.25, -0.2) is 0 Å². The van der Waals surface area contributed by atoms with Crippen LogP contribution in [-0.4, -0.2) is 35.4 Å². The highest BCUT2D eigenvalue weighted by Gasteiger charge is 2.17. The van der Waals surface area contributed by atoms with E-state index in [4.69, 9.17) is 18.0 Å². The van der Waals surface area contributed by atoms with Crippen LogP contribution in [0.4, 0.5) is 5.69 Å². The maximum absolute atomic E-state index is 12.1. The first-order valence-electron chi connectivity index (χ1n) is 7.47. The molecule has 1 aromatic carbocycles. The van der Waals surface area contributed by atoms with Crippen molar-refractivity contribution in [1.29, 1.82) is 0 Å². The summed E-state index contributed by atoms with van der Waals surface area (Å²) in [5.74, 6) is 0.745. The van der Waals surface area contributed by atoms with Gasteiger partial charge in [0.2, 0.25) is 5.91 Å². The van der Waals surface area contributed by atoms with Gasteiger partial charge < -0.3 is 16.0 Å². The van der Waals surface area contributed by atoms with Crippen LogP contribution < -0.4 is 11.1 Å². The van der Waals surface area contributed by atoms with Gasteiger partial charge in [-0.05, 0) is 37.4 Å². The quantitative estimate of drug-likeness (QED) is 0.820. The van der Waals surface area contributed by atoms with Crippen LogP contribution >= 0.6 is 12.2 Å². The van der Waals surface area contributed by atoms with E-state index >= 15 is 0 Å². The van der Waals surface area contributed by atoms with Gasteiger partial charge in [0.05, 0.1) is 5.69 Å². The molecule has 0 bridgehead atoms. The minimum atomic E-state index is 0.0110. The highest BCUT2D eigenvalue weighted by atomic mass is 32.1. The van der Waals surface area contributed by atoms with Gasteiger partial charge in [0.1, 0.15) is 4.99 Å². The number of nitrogens with one attached hydrogen (secondary N) is 1. The van der Waals surface area contributed by atoms with Gasteiger partial charge in [-0.2, -0.15) is 0 Å². The van der Waals surface area contributed by atoms with E-state index in [1.165, 1.54) is 12.8 Å². The number of nitrogens with zero attached hydrogens (tertiary/aromatic N) is 1. The molecule has 3 N–H and O–H groups in total. The number of carbonyl (C=O) groups excluding carboxylic acids is 1. The standard InChI is InChI=1S/C16H23N3OS/c1-12-5-4-9-19(11-12)10-8-15(20)18-14-7-3-2-6-13(14)16(17)21/h2-3,6-7,12H,4-5,8-11H2,1H3,(H2,17,21)(H,18,20). The number of carbonyl (C=O) groups is 1. The molecule has 0 aliphatic carbocycles. The number of thiocarbonyl (C=S) groups is 1. The molecule has 21 heavy (non-hydrogen) atoms. The molecule has 0 radical (unpaired) electrons. The van der Waals surface area contributed by atoms with E-state index in [1.54, 1.807) is 0 Å². The monoisotopic (exact) mass is 305 g/mol. The summed E-state index contributed by atoms with van der Waals surface area (Å²) in [6, 6.07) is 7.38. The van der Waals surface area contributed by atoms with Gasteiger partial charge in [0, 0.05) is 25.1 Å². The fraction of sp³-hybridized carbons (Fsp3) is 0.500. The van der Waals surface area contributed by atoms with Crippen LogP contribution in [-0.2, 0) is 4.79 Å². The Bertz CT molecular complexity index is 518. The third-order valence-corrected chi connectivity index (χ3v) is 4.08. The first-order valence-corrected chi connectivity index (χ1v) is 7.88. The second-order valence-corrected chi connectivity index (χ2v) is 6.20. The molecule has 1 atom stereocenters. The van der Waals surface area contributed by atoms with Crippen LogP contribution in [0.1, 0.15) is 31.7 Å². The molecule has 1 unspecified atom stereocenters. The third kappa shape index (κ3) is 4.79. The number of likely N-dealkylation sites (tertiary alicyclic amines) is 1. The Balaban J connectivity index is 1.86. The SMILES string of the molecule is CC1CCCN(CCC(=O)Nc2ccccc2C(N)=S)C1. The predicted molar refractivity (Wildman–Crippen MR) is 90.4 cm³/mol. The first-order chi connectivity index (χ1) is 10.1. The maximum Gasteiger partial charge on any atom is 0.225 e. The Labute approximate surface area is 131 Å². The van der Waals surface area contributed by atoms with Crippen molar-refractivity contribution in [3.05, 3.63) is 29.8 Å². The van der Waals surface area contributed by atoms with Crippen molar-refractivity contribution in [2.24, 2.45) is 11.7 Å². The molecular formula is C16H23N3OS. The molecule has 0 spiro atoms. The van der Waals surface area contributed by atoms with E-state index in [2.05, 4.69) is 17.1 Å². The van der Waals surface area contributed by atoms with Gasteiger partial charge in [0.25, 0.3) is 0 Å². The molecule has 1 aromatic rings. The number of benzene rings is 1. The Morgan fingerprint density at radius 1 is 1.48 bits per heavy atom. The van der Waals surface area contributed by atoms with Crippen molar-refractivity contribution in [3.63, 3.8) is 0 Å². The Morgan fingerprint density at radius 2 is 2.24 bits per heavy atom. The molecule has 1 amide bonds. The van der Waals surface area contributed by atoms with Crippen molar-refractivity contribution in [3.8, 4) is 0 Å². The van der Waals surface area contributed by atoms with Crippen LogP contribution in [0.3, 0.4) is 0 Å². The van der Waals surface area contributed by atoms with E-state index in [0.29, 0.717) is 22.7 Å². The van der Waals surface area contributed by atoms with E-state index < -0.39 is 0 Å². The lowest BCUT2D eigenvalue weighted by Crippen LogP contribution is -2.36. The molecule has 1 heterocycles. The molecule has 114 valence electrons. The van der Waals surface area contributed by atoms with Crippen LogP contribution in [0.5, 0.6) is 0 Å². The highest BCUT2D eigenvalue weighted by molar-refractivity contribution is 7.80. The summed E-state index contributed by atoms with van der Waals surface area (Å²) in [4.78, 5) is 14.8. The van der Waals surface area contributed by atoms with Crippen LogP contribution in [0, 0.1) is 5.92 Å². The Morgan fingerprint density at radius 3 is 2.95 bits per heavy atom. The van der Waals surface area contributed by atoms with Crippen molar-refractivity contribution in [2.45, 2.75) is 26.2 Å². The summed E-state index contributed by atoms with van der Waals surface area (Å²) in [6.45, 7) is 5.27. The van der Waals surface area contributed by atoms with Gasteiger partial charge >= 0.3 is 0 Å². The zero-order valence-corrected chi connectivity index (χ0v) is 13.3. The first kappa shape index (κ1) is 15.9. The molecule has 4 nitrogen and oxygen atoms in total. The third-order valence-electron chi connectivity index (χ3n) is 3.86. The van der Waals surface area contributed by atoms with E-state index in [1.807, 2.05) is 24.3 Å². The average molecular weight is 305 g/mol. The second-order valence-electron chi connectivity index (χ2n) is 5.76. The van der Waals surface area contributed by atoms with E-state index in [0.717, 1.165) is 25.6 Å². The van der Waals surface area contributed by atoms with Gasteiger partial charge in [0.15, 0.2) is 0 Å². The minimum absolute atomic E-state index is 0.0110. The smallest absolute Gasteiger partial charge is 0.225 e. The fourth-order valence-corrected chi connectivity index (χ4v) is 2.95. The second kappa shape index (κ2) is 7.52. The Hall–Kier alpha value is -1.46. The molecule has 1 fully saturated rings. The number of anilines is 1. The average Bonchev–Trinajstić information content (AvgIpc) is 2.45. The lowest BCUT2D eigenvalue weighted by Gasteiger charge is -2.30. The molecule has 0 saturated carbocycles. The van der Waals surface area contributed by atoms with Crippen LogP contribution in [0.25, 0.3) is 0 Å². The zero-order chi connectivity index (χ0) is 15.2. The van der Waals surface area contributed by atoms with E-state index in [9.17, 15) is 4.79 Å². The molecule has 1 saturated heterocycles. The van der Waals surface area contributed by atoms with Crippen molar-refractivity contribution in [2.75, 3.05) is 25.0 Å². The molecule has 2 rings (SSSR count). The Kier molecular flexibility index (Phi) is 5.70. The summed E-state index contributed by atoms with van der Waals surface area (Å²) in [6.07, 6.45) is 3.02. The van der Waals surface area contributed by atoms with E-state index in [-0.39, 0.29) is 5.91 Å². The number of nitrogens with two attached hydrogens (primary N) is 1. The summed E-state index contributed by atoms with van der Waals surface area (Å²) < 4.78 is 0. The van der Waals surface area contributed by atoms with Gasteiger partial charge in [-0.15, -0.1) is 0 Å². The molecule has 5 heteroatoms. The molecule has 1 aliphatic rings. The summed E-state index contributed by atoms with van der Waals surface area (Å²) in [5.41, 5.74) is 7.08. The maximum atomic E-state index is 12.1. The summed E-state index contributed by atoms with van der Waals surface area (Å²) >= 11 is 5.00. The van der Waals surface area contributed by atoms with Crippen LogP contribution in [0.15, 0.2) is 24.3 Å². The lowest BCUT2D eigenvalue weighted by molar-refractivity contribution is -0.116. The number of hydrogen-bond acceptors (Lipinski definition) is 3. The summed E-state index contributed by atoms with van der Waals surface area (Å²) in [5, 5.41) is 2.91. The number of amides is 1. The predicted octanol–water partition coefficient (Wildman–Crippen LogP) is 2.38. The van der Waals surface area contributed by atoms with Crippen molar-refractivity contribution in [1.82, 2.24) is 4.90 Å². The molecule has 1 aliphatic heterocycles. The fourth-order valence-electron chi connectivity index (χ4n) is 2.77. The van der Waals surface area contributed by atoms with Gasteiger partial charge in [-0.1, -0.05) is 31.3 Å². The highest BCUT2D eigenvalue weighted by Crippen LogP contribution is 2.17. The molecular weight excluding hydrogens is 282 g/mol. The van der Waals surface area contributed by atoms with Gasteiger partial charge in [-0.3, -0.25) is 4.79 Å². The van der Waals surface area contributed by atoms with Crippen molar-refractivity contribution < 1.29 is 4.79 Å². The molecule has 0 aromatic heterocycles. The number of piperidine rings is 1. The van der Waals surface area contributed by atoms with Crippen molar-refractivity contribution >= 4 is 28.8 Å². The lowest BCUT2D eigenvalue weighted by atomic mass is 10.0. The normalized spacial score (nSPS) is 19.2. The number of para-hydroxylation sites is 1. The largest absolute Gasteiger partial charge is 0.389 e. The summed E-state index contributed by atoms with van der Waals surface area (Å²) in [7, 11) is 0. The van der Waals surface area contributed by atoms with Crippen LogP contribution in [0.2, 0.25) is 0 Å². The number of hydrogen-bond donors (Lipinski definition) is 2. The topological polar surface area (TPSA) is 58.4 Å². The zero-order valence-electron chi connectivity index (χ0n) is 12.5. The number of rotatable bonds is 5.